The van der Waals surface area contributed by atoms with Gasteiger partial charge in [0.2, 0.25) is 10.0 Å². The minimum absolute atomic E-state index is 0.0945. The summed E-state index contributed by atoms with van der Waals surface area (Å²) in [6.07, 6.45) is 2.62. The summed E-state index contributed by atoms with van der Waals surface area (Å²) < 4.78 is 26.7. The van der Waals surface area contributed by atoms with Crippen LogP contribution in [0.2, 0.25) is 0 Å². The molecule has 132 valence electrons. The third-order valence-electron chi connectivity index (χ3n) is 4.53. The molecule has 1 fully saturated rings. The minimum Gasteiger partial charge on any atom is -0.388 e. The van der Waals surface area contributed by atoms with Crippen LogP contribution in [0.25, 0.3) is 0 Å². The Hall–Kier alpha value is -1.03. The summed E-state index contributed by atoms with van der Waals surface area (Å²) in [5, 5.41) is 17.4. The van der Waals surface area contributed by atoms with Gasteiger partial charge in [-0.05, 0) is 38.9 Å². The van der Waals surface area contributed by atoms with Crippen LogP contribution in [-0.2, 0) is 23.7 Å². The second kappa shape index (κ2) is 7.69. The van der Waals surface area contributed by atoms with Crippen LogP contribution in [0.15, 0.2) is 0 Å². The highest BCUT2D eigenvalue weighted by atomic mass is 32.2. The molecule has 0 amide bonds. The number of likely N-dealkylation sites (tertiary alicyclic amines) is 1. The van der Waals surface area contributed by atoms with Crippen molar-refractivity contribution in [3.63, 3.8) is 0 Å². The van der Waals surface area contributed by atoms with Gasteiger partial charge in [0.15, 0.2) is 5.82 Å². The van der Waals surface area contributed by atoms with E-state index in [0.717, 1.165) is 38.3 Å². The molecule has 0 aliphatic carbocycles. The van der Waals surface area contributed by atoms with E-state index < -0.39 is 10.0 Å². The van der Waals surface area contributed by atoms with E-state index in [4.69, 9.17) is 0 Å². The van der Waals surface area contributed by atoms with E-state index >= 15 is 0 Å². The molecule has 1 N–H and O–H groups in total. The zero-order valence-electron chi connectivity index (χ0n) is 14.1. The van der Waals surface area contributed by atoms with Gasteiger partial charge in [0.1, 0.15) is 12.4 Å². The Bertz CT molecular complexity index is 606. The maximum absolute atomic E-state index is 11.7. The van der Waals surface area contributed by atoms with Gasteiger partial charge in [0, 0.05) is 27.1 Å². The molecule has 23 heavy (non-hydrogen) atoms. The summed E-state index contributed by atoms with van der Waals surface area (Å²) in [7, 11) is 1.93. The first-order chi connectivity index (χ1) is 10.8. The van der Waals surface area contributed by atoms with Crippen molar-refractivity contribution in [2.24, 2.45) is 7.05 Å². The van der Waals surface area contributed by atoms with Gasteiger partial charge in [0.25, 0.3) is 0 Å². The lowest BCUT2D eigenvalue weighted by Crippen LogP contribution is -2.35. The Labute approximate surface area is 138 Å². The highest BCUT2D eigenvalue weighted by molar-refractivity contribution is 7.89. The van der Waals surface area contributed by atoms with E-state index in [-0.39, 0.29) is 12.4 Å². The second-order valence-electron chi connectivity index (χ2n) is 6.26. The van der Waals surface area contributed by atoms with Crippen molar-refractivity contribution in [3.8, 4) is 0 Å². The van der Waals surface area contributed by atoms with Gasteiger partial charge in [-0.25, -0.2) is 12.7 Å². The second-order valence-corrected chi connectivity index (χ2v) is 8.56. The highest BCUT2D eigenvalue weighted by Gasteiger charge is 2.25. The number of aliphatic hydroxyl groups excluding tert-OH is 1. The monoisotopic (exact) mass is 345 g/mol. The fraction of sp³-hybridized carbons (Fsp3) is 0.857. The van der Waals surface area contributed by atoms with Crippen LogP contribution in [0, 0.1) is 0 Å². The Morgan fingerprint density at radius 1 is 1.26 bits per heavy atom. The summed E-state index contributed by atoms with van der Waals surface area (Å²) >= 11 is 0. The summed E-state index contributed by atoms with van der Waals surface area (Å²) in [5.74, 6) is 2.08. The van der Waals surface area contributed by atoms with Crippen LogP contribution in [0.5, 0.6) is 0 Å². The Morgan fingerprint density at radius 2 is 1.91 bits per heavy atom. The van der Waals surface area contributed by atoms with E-state index in [1.165, 1.54) is 4.31 Å². The third-order valence-corrected chi connectivity index (χ3v) is 6.44. The van der Waals surface area contributed by atoms with E-state index in [1.807, 2.05) is 11.6 Å². The van der Waals surface area contributed by atoms with E-state index in [9.17, 15) is 13.5 Å². The van der Waals surface area contributed by atoms with Gasteiger partial charge in [-0.1, -0.05) is 0 Å². The topological polar surface area (TPSA) is 91.6 Å². The lowest BCUT2D eigenvalue weighted by Gasteiger charge is -2.31. The molecule has 0 unspecified atom stereocenters. The number of piperidine rings is 1. The largest absolute Gasteiger partial charge is 0.388 e. The van der Waals surface area contributed by atoms with Crippen molar-refractivity contribution in [1.29, 1.82) is 0 Å². The van der Waals surface area contributed by atoms with Crippen LogP contribution in [-0.4, -0.2) is 77.0 Å². The first-order valence-corrected chi connectivity index (χ1v) is 9.57. The normalized spacial score (nSPS) is 18.0. The van der Waals surface area contributed by atoms with Gasteiger partial charge in [-0.2, -0.15) is 0 Å². The predicted molar refractivity (Wildman–Crippen MR) is 87.4 cm³/mol. The molecule has 0 bridgehead atoms. The maximum Gasteiger partial charge on any atom is 0.213 e. The summed E-state index contributed by atoms with van der Waals surface area (Å²) in [5.41, 5.74) is 0. The van der Waals surface area contributed by atoms with E-state index in [1.54, 1.807) is 14.1 Å². The zero-order valence-corrected chi connectivity index (χ0v) is 15.0. The van der Waals surface area contributed by atoms with Gasteiger partial charge >= 0.3 is 0 Å². The Morgan fingerprint density at radius 3 is 2.43 bits per heavy atom. The minimum atomic E-state index is -3.10. The van der Waals surface area contributed by atoms with Crippen molar-refractivity contribution in [1.82, 2.24) is 24.0 Å². The maximum atomic E-state index is 11.7. The number of rotatable bonds is 7. The van der Waals surface area contributed by atoms with Crippen molar-refractivity contribution in [3.05, 3.63) is 11.6 Å². The Kier molecular flexibility index (Phi) is 6.12. The fourth-order valence-electron chi connectivity index (χ4n) is 2.94. The molecule has 0 saturated carbocycles. The summed E-state index contributed by atoms with van der Waals surface area (Å²) in [4.78, 5) is 2.31. The molecular formula is C14H27N5O3S. The van der Waals surface area contributed by atoms with Crippen LogP contribution < -0.4 is 0 Å². The number of hydrogen-bond acceptors (Lipinski definition) is 6. The molecule has 2 heterocycles. The predicted octanol–water partition coefficient (Wildman–Crippen LogP) is -0.232. The van der Waals surface area contributed by atoms with E-state index in [0.29, 0.717) is 18.2 Å². The van der Waals surface area contributed by atoms with Crippen LogP contribution in [0.4, 0.5) is 0 Å². The first-order valence-electron chi connectivity index (χ1n) is 7.96. The molecule has 9 heteroatoms. The number of nitrogens with zero attached hydrogens (tertiary/aromatic N) is 5. The van der Waals surface area contributed by atoms with Gasteiger partial charge in [0.05, 0.1) is 5.75 Å². The molecule has 0 spiro atoms. The number of hydrogen-bond donors (Lipinski definition) is 1. The molecule has 0 aromatic carbocycles. The molecule has 1 aromatic rings. The van der Waals surface area contributed by atoms with Crippen LogP contribution in [0.1, 0.15) is 36.8 Å². The van der Waals surface area contributed by atoms with Gasteiger partial charge in [-0.15, -0.1) is 10.2 Å². The molecule has 2 rings (SSSR count). The number of sulfonamides is 1. The Balaban J connectivity index is 1.79. The first kappa shape index (κ1) is 18.3. The number of aromatic nitrogens is 3. The SMILES string of the molecule is CN(C)S(=O)(=O)CCCN1CCC(c2nnc(CO)n2C)CC1. The van der Waals surface area contributed by atoms with Crippen LogP contribution in [0.3, 0.4) is 0 Å². The fourth-order valence-corrected chi connectivity index (χ4v) is 3.80. The molecule has 0 radical (unpaired) electrons. The standard InChI is InChI=1S/C14H27N5O3S/c1-17(2)23(21,22)10-4-7-19-8-5-12(6-9-19)14-16-15-13(11-20)18(14)3/h12,20H,4-11H2,1-3H3. The van der Waals surface area contributed by atoms with Crippen molar-refractivity contribution in [2.45, 2.75) is 31.8 Å². The zero-order chi connectivity index (χ0) is 17.0. The summed E-state index contributed by atoms with van der Waals surface area (Å²) in [6, 6.07) is 0. The molecule has 1 aliphatic rings. The van der Waals surface area contributed by atoms with Gasteiger partial charge < -0.3 is 14.6 Å². The van der Waals surface area contributed by atoms with Crippen molar-refractivity contribution < 1.29 is 13.5 Å². The van der Waals surface area contributed by atoms with Gasteiger partial charge in [-0.3, -0.25) is 0 Å². The molecule has 1 aliphatic heterocycles. The lowest BCUT2D eigenvalue weighted by atomic mass is 9.96. The molecule has 0 atom stereocenters. The lowest BCUT2D eigenvalue weighted by molar-refractivity contribution is 0.208. The smallest absolute Gasteiger partial charge is 0.213 e. The summed E-state index contributed by atoms with van der Waals surface area (Å²) in [6.45, 7) is 2.59. The molecule has 1 saturated heterocycles. The van der Waals surface area contributed by atoms with Crippen molar-refractivity contribution >= 4 is 10.0 Å². The molecular weight excluding hydrogens is 318 g/mol. The quantitative estimate of drug-likeness (QED) is 0.734. The highest BCUT2D eigenvalue weighted by Crippen LogP contribution is 2.26. The number of aliphatic hydroxyl groups is 1. The van der Waals surface area contributed by atoms with Crippen molar-refractivity contribution in [2.75, 3.05) is 39.5 Å². The average molecular weight is 345 g/mol. The van der Waals surface area contributed by atoms with E-state index in [2.05, 4.69) is 15.1 Å². The average Bonchev–Trinajstić information content (AvgIpc) is 2.88. The third kappa shape index (κ3) is 4.50. The molecule has 1 aromatic heterocycles. The molecule has 8 nitrogen and oxygen atoms in total. The van der Waals surface area contributed by atoms with Crippen LogP contribution >= 0.6 is 0 Å².